The summed E-state index contributed by atoms with van der Waals surface area (Å²) in [5.41, 5.74) is 2.36. The number of aliphatic hydroxyl groups is 1. The molecule has 0 fully saturated rings. The van der Waals surface area contributed by atoms with Gasteiger partial charge in [-0.3, -0.25) is 0 Å². The lowest BCUT2D eigenvalue weighted by Gasteiger charge is -2.29. The fraction of sp³-hybridized carbons (Fsp3) is 0.625. The second kappa shape index (κ2) is 6.20. The molecule has 17 heavy (non-hydrogen) atoms. The largest absolute Gasteiger partial charge is 0.388 e. The predicted octanol–water partition coefficient (Wildman–Crippen LogP) is 4.50. The Hall–Kier alpha value is -0.820. The summed E-state index contributed by atoms with van der Waals surface area (Å²) < 4.78 is 0. The monoisotopic (exact) mass is 234 g/mol. The molecule has 0 aliphatic carbocycles. The summed E-state index contributed by atoms with van der Waals surface area (Å²) in [6.07, 6.45) is 4.22. The molecule has 0 aliphatic rings. The number of hydrogen-bond donors (Lipinski definition) is 1. The first kappa shape index (κ1) is 14.2. The number of unbranched alkanes of at least 4 members (excludes halogenated alkanes) is 1. The molecular formula is C16H26O. The van der Waals surface area contributed by atoms with Crippen molar-refractivity contribution in [3.63, 3.8) is 0 Å². The van der Waals surface area contributed by atoms with Crippen LogP contribution in [0.1, 0.15) is 64.2 Å². The molecule has 0 radical (unpaired) electrons. The SMILES string of the molecule is CCCCc1ccc(C(O)C(C)(C)CC)cc1. The van der Waals surface area contributed by atoms with Crippen LogP contribution in [0.4, 0.5) is 0 Å². The fourth-order valence-electron chi connectivity index (χ4n) is 1.89. The minimum atomic E-state index is -0.368. The van der Waals surface area contributed by atoms with Gasteiger partial charge in [-0.15, -0.1) is 0 Å². The van der Waals surface area contributed by atoms with Gasteiger partial charge in [0.1, 0.15) is 0 Å². The molecule has 0 amide bonds. The Morgan fingerprint density at radius 2 is 1.71 bits per heavy atom. The molecule has 1 aromatic rings. The van der Waals surface area contributed by atoms with Crippen LogP contribution in [0.2, 0.25) is 0 Å². The van der Waals surface area contributed by atoms with E-state index in [2.05, 4.69) is 52.0 Å². The molecule has 1 nitrogen and oxygen atoms in total. The molecule has 0 saturated carbocycles. The van der Waals surface area contributed by atoms with E-state index < -0.39 is 0 Å². The van der Waals surface area contributed by atoms with Crippen molar-refractivity contribution in [2.75, 3.05) is 0 Å². The Morgan fingerprint density at radius 1 is 1.12 bits per heavy atom. The van der Waals surface area contributed by atoms with Crippen molar-refractivity contribution in [3.05, 3.63) is 35.4 Å². The molecule has 0 aromatic heterocycles. The Labute approximate surface area is 106 Å². The van der Waals surface area contributed by atoms with Gasteiger partial charge in [0.25, 0.3) is 0 Å². The van der Waals surface area contributed by atoms with Crippen LogP contribution in [0.25, 0.3) is 0 Å². The number of benzene rings is 1. The van der Waals surface area contributed by atoms with Crippen molar-refractivity contribution in [3.8, 4) is 0 Å². The quantitative estimate of drug-likeness (QED) is 0.768. The van der Waals surface area contributed by atoms with Crippen LogP contribution in [0.15, 0.2) is 24.3 Å². The van der Waals surface area contributed by atoms with Crippen molar-refractivity contribution in [2.24, 2.45) is 5.41 Å². The molecule has 0 spiro atoms. The molecular weight excluding hydrogens is 208 g/mol. The molecule has 1 N–H and O–H groups in total. The molecule has 96 valence electrons. The molecule has 0 aliphatic heterocycles. The topological polar surface area (TPSA) is 20.2 Å². The van der Waals surface area contributed by atoms with Crippen LogP contribution in [0.3, 0.4) is 0 Å². The van der Waals surface area contributed by atoms with Crippen LogP contribution in [0.5, 0.6) is 0 Å². The maximum Gasteiger partial charge on any atom is 0.0840 e. The zero-order valence-electron chi connectivity index (χ0n) is 11.7. The molecule has 1 rings (SSSR count). The highest BCUT2D eigenvalue weighted by molar-refractivity contribution is 5.25. The third-order valence-corrected chi connectivity index (χ3v) is 3.77. The lowest BCUT2D eigenvalue weighted by atomic mass is 9.80. The first-order valence-corrected chi connectivity index (χ1v) is 6.78. The van der Waals surface area contributed by atoms with Crippen LogP contribution >= 0.6 is 0 Å². The fourth-order valence-corrected chi connectivity index (χ4v) is 1.89. The Morgan fingerprint density at radius 3 is 2.18 bits per heavy atom. The van der Waals surface area contributed by atoms with Crippen molar-refractivity contribution >= 4 is 0 Å². The summed E-state index contributed by atoms with van der Waals surface area (Å²) in [6, 6.07) is 8.46. The standard InChI is InChI=1S/C16H26O/c1-5-7-8-13-9-11-14(12-10-13)15(17)16(3,4)6-2/h9-12,15,17H,5-8H2,1-4H3. The molecule has 0 saturated heterocycles. The highest BCUT2D eigenvalue weighted by Crippen LogP contribution is 2.36. The van der Waals surface area contributed by atoms with E-state index >= 15 is 0 Å². The summed E-state index contributed by atoms with van der Waals surface area (Å²) in [6.45, 7) is 8.56. The predicted molar refractivity (Wildman–Crippen MR) is 74.1 cm³/mol. The van der Waals surface area contributed by atoms with Gasteiger partial charge >= 0.3 is 0 Å². The maximum absolute atomic E-state index is 10.3. The Balaban J connectivity index is 2.73. The van der Waals surface area contributed by atoms with Gasteiger partial charge in [-0.25, -0.2) is 0 Å². The van der Waals surface area contributed by atoms with Crippen LogP contribution in [0, 0.1) is 5.41 Å². The molecule has 1 unspecified atom stereocenters. The first-order chi connectivity index (χ1) is 8.01. The van der Waals surface area contributed by atoms with Gasteiger partial charge in [0.15, 0.2) is 0 Å². The van der Waals surface area contributed by atoms with Gasteiger partial charge in [-0.05, 0) is 35.8 Å². The van der Waals surface area contributed by atoms with E-state index in [0.29, 0.717) is 0 Å². The minimum absolute atomic E-state index is 0.0507. The minimum Gasteiger partial charge on any atom is -0.388 e. The van der Waals surface area contributed by atoms with Crippen molar-refractivity contribution < 1.29 is 5.11 Å². The summed E-state index contributed by atoms with van der Waals surface area (Å²) in [5.74, 6) is 0. The normalized spacial score (nSPS) is 13.7. The highest BCUT2D eigenvalue weighted by atomic mass is 16.3. The van der Waals surface area contributed by atoms with E-state index in [-0.39, 0.29) is 11.5 Å². The number of aliphatic hydroxyl groups excluding tert-OH is 1. The summed E-state index contributed by atoms with van der Waals surface area (Å²) in [7, 11) is 0. The molecule has 0 heterocycles. The van der Waals surface area contributed by atoms with Gasteiger partial charge in [0.2, 0.25) is 0 Å². The smallest absolute Gasteiger partial charge is 0.0840 e. The van der Waals surface area contributed by atoms with Crippen LogP contribution < -0.4 is 0 Å². The van der Waals surface area contributed by atoms with Gasteiger partial charge in [0.05, 0.1) is 6.10 Å². The van der Waals surface area contributed by atoms with E-state index in [4.69, 9.17) is 0 Å². The zero-order valence-corrected chi connectivity index (χ0v) is 11.7. The van der Waals surface area contributed by atoms with Gasteiger partial charge in [-0.2, -0.15) is 0 Å². The van der Waals surface area contributed by atoms with Crippen molar-refractivity contribution in [1.29, 1.82) is 0 Å². The van der Waals surface area contributed by atoms with Crippen molar-refractivity contribution in [2.45, 2.75) is 59.5 Å². The third kappa shape index (κ3) is 3.85. The Bertz CT molecular complexity index is 324. The van der Waals surface area contributed by atoms with Crippen LogP contribution in [-0.4, -0.2) is 5.11 Å². The average Bonchev–Trinajstić information content (AvgIpc) is 2.36. The second-order valence-corrected chi connectivity index (χ2v) is 5.59. The molecule has 0 bridgehead atoms. The van der Waals surface area contributed by atoms with E-state index in [0.717, 1.165) is 18.4 Å². The lowest BCUT2D eigenvalue weighted by molar-refractivity contribution is 0.0465. The average molecular weight is 234 g/mol. The zero-order chi connectivity index (χ0) is 12.9. The van der Waals surface area contributed by atoms with E-state index in [1.165, 1.54) is 18.4 Å². The lowest BCUT2D eigenvalue weighted by Crippen LogP contribution is -2.20. The van der Waals surface area contributed by atoms with Crippen LogP contribution in [-0.2, 0) is 6.42 Å². The number of rotatable bonds is 6. The molecule has 1 atom stereocenters. The van der Waals surface area contributed by atoms with Gasteiger partial charge in [-0.1, -0.05) is 58.4 Å². The molecule has 1 heteroatoms. The van der Waals surface area contributed by atoms with Crippen molar-refractivity contribution in [1.82, 2.24) is 0 Å². The number of hydrogen-bond acceptors (Lipinski definition) is 1. The number of aryl methyl sites for hydroxylation is 1. The maximum atomic E-state index is 10.3. The summed E-state index contributed by atoms with van der Waals surface area (Å²) in [5, 5.41) is 10.3. The van der Waals surface area contributed by atoms with E-state index in [1.54, 1.807) is 0 Å². The van der Waals surface area contributed by atoms with E-state index in [1.807, 2.05) is 0 Å². The highest BCUT2D eigenvalue weighted by Gasteiger charge is 2.26. The second-order valence-electron chi connectivity index (χ2n) is 5.59. The molecule has 1 aromatic carbocycles. The summed E-state index contributed by atoms with van der Waals surface area (Å²) >= 11 is 0. The van der Waals surface area contributed by atoms with E-state index in [9.17, 15) is 5.11 Å². The summed E-state index contributed by atoms with van der Waals surface area (Å²) in [4.78, 5) is 0. The van der Waals surface area contributed by atoms with Gasteiger partial charge in [0, 0.05) is 0 Å². The van der Waals surface area contributed by atoms with Gasteiger partial charge < -0.3 is 5.11 Å². The Kier molecular flexibility index (Phi) is 5.20. The third-order valence-electron chi connectivity index (χ3n) is 3.77. The first-order valence-electron chi connectivity index (χ1n) is 6.78.